The molecule has 1 aliphatic rings. The summed E-state index contributed by atoms with van der Waals surface area (Å²) in [5.41, 5.74) is 1.28. The Morgan fingerprint density at radius 3 is 2.55 bits per heavy atom. The van der Waals surface area contributed by atoms with Crippen molar-refractivity contribution in [2.45, 2.75) is 46.1 Å². The highest BCUT2D eigenvalue weighted by Crippen LogP contribution is 2.17. The third kappa shape index (κ3) is 10.2. The number of likely N-dealkylation sites (N-methyl/N-ethyl adjacent to an activating group) is 1. The third-order valence-corrected chi connectivity index (χ3v) is 5.64. The summed E-state index contributed by atoms with van der Waals surface area (Å²) in [6.07, 6.45) is 2.66. The van der Waals surface area contributed by atoms with Crippen LogP contribution in [0.25, 0.3) is 0 Å². The van der Waals surface area contributed by atoms with Gasteiger partial charge < -0.3 is 20.4 Å². The Labute approximate surface area is 206 Å². The average Bonchev–Trinajstić information content (AvgIpc) is 3.07. The molecule has 0 aromatic heterocycles. The van der Waals surface area contributed by atoms with Gasteiger partial charge in [-0.3, -0.25) is 9.79 Å². The first-order chi connectivity index (χ1) is 14.4. The van der Waals surface area contributed by atoms with E-state index in [1.54, 1.807) is 0 Å². The van der Waals surface area contributed by atoms with Gasteiger partial charge in [-0.25, -0.2) is 0 Å². The number of likely N-dealkylation sites (tertiary alicyclic amines) is 1. The molecule has 2 atom stereocenters. The molecule has 2 unspecified atom stereocenters. The van der Waals surface area contributed by atoms with Crippen LogP contribution in [-0.2, 0) is 11.2 Å². The van der Waals surface area contributed by atoms with Gasteiger partial charge >= 0.3 is 0 Å². The molecule has 1 aromatic rings. The van der Waals surface area contributed by atoms with Crippen LogP contribution in [0.4, 0.5) is 0 Å². The molecule has 7 heteroatoms. The number of halogens is 1. The molecule has 1 amide bonds. The van der Waals surface area contributed by atoms with E-state index in [4.69, 9.17) is 4.99 Å². The van der Waals surface area contributed by atoms with Gasteiger partial charge in [0.25, 0.3) is 0 Å². The first-order valence-electron chi connectivity index (χ1n) is 11.4. The normalized spacial score (nSPS) is 17.8. The smallest absolute Gasteiger partial charge is 0.223 e. The summed E-state index contributed by atoms with van der Waals surface area (Å²) in [6, 6.07) is 10.8. The molecule has 1 heterocycles. The molecule has 0 bridgehead atoms. The molecule has 2 rings (SSSR count). The Bertz CT molecular complexity index is 665. The van der Waals surface area contributed by atoms with E-state index in [2.05, 4.69) is 74.7 Å². The topological polar surface area (TPSA) is 60.0 Å². The van der Waals surface area contributed by atoms with Crippen molar-refractivity contribution in [2.24, 2.45) is 16.8 Å². The Hall–Kier alpha value is -1.35. The predicted octanol–water partition coefficient (Wildman–Crippen LogP) is 3.23. The molecule has 0 radical (unpaired) electrons. The number of carbonyl (C=O) groups is 1. The van der Waals surface area contributed by atoms with E-state index >= 15 is 0 Å². The highest BCUT2D eigenvalue weighted by Gasteiger charge is 2.29. The van der Waals surface area contributed by atoms with Crippen molar-refractivity contribution in [3.05, 3.63) is 35.9 Å². The number of carbonyl (C=O) groups excluding carboxylic acids is 1. The van der Waals surface area contributed by atoms with E-state index in [-0.39, 0.29) is 29.9 Å². The number of amides is 1. The van der Waals surface area contributed by atoms with Crippen LogP contribution in [0.3, 0.4) is 0 Å². The Balaban J connectivity index is 0.00000480. The first kappa shape index (κ1) is 27.7. The lowest BCUT2D eigenvalue weighted by molar-refractivity contribution is -0.127. The van der Waals surface area contributed by atoms with Crippen LogP contribution in [0.1, 0.15) is 39.2 Å². The van der Waals surface area contributed by atoms with Gasteiger partial charge in [0.1, 0.15) is 0 Å². The molecule has 0 saturated carbocycles. The minimum atomic E-state index is 0. The van der Waals surface area contributed by atoms with Crippen molar-refractivity contribution in [1.29, 1.82) is 0 Å². The molecule has 0 spiro atoms. The van der Waals surface area contributed by atoms with Crippen molar-refractivity contribution < 1.29 is 4.79 Å². The standard InChI is InChI=1S/C24H41N5O.HI/c1-6-25-24(27-17-22(28(4)5)14-19(2)3)26-16-21-15-23(30)29(18-21)13-12-20-10-8-7-9-11-20;/h7-11,19,21-22H,6,12-18H2,1-5H3,(H2,25,26,27);1H. The van der Waals surface area contributed by atoms with Crippen molar-refractivity contribution in [2.75, 3.05) is 46.8 Å². The van der Waals surface area contributed by atoms with Crippen LogP contribution < -0.4 is 10.6 Å². The monoisotopic (exact) mass is 543 g/mol. The summed E-state index contributed by atoms with van der Waals surface area (Å²) in [5.74, 6) is 2.10. The lowest BCUT2D eigenvalue weighted by atomic mass is 10.0. The maximum atomic E-state index is 12.4. The quantitative estimate of drug-likeness (QED) is 0.256. The fourth-order valence-electron chi connectivity index (χ4n) is 3.89. The van der Waals surface area contributed by atoms with Crippen molar-refractivity contribution in [1.82, 2.24) is 20.4 Å². The molecule has 1 aliphatic heterocycles. The predicted molar refractivity (Wildman–Crippen MR) is 141 cm³/mol. The maximum Gasteiger partial charge on any atom is 0.223 e. The maximum absolute atomic E-state index is 12.4. The molecular weight excluding hydrogens is 501 g/mol. The van der Waals surface area contributed by atoms with Gasteiger partial charge in [-0.1, -0.05) is 44.2 Å². The van der Waals surface area contributed by atoms with Gasteiger partial charge in [0.05, 0.1) is 6.54 Å². The number of nitrogens with zero attached hydrogens (tertiary/aromatic N) is 3. The fourth-order valence-corrected chi connectivity index (χ4v) is 3.89. The van der Waals surface area contributed by atoms with Crippen LogP contribution in [0.5, 0.6) is 0 Å². The molecule has 1 fully saturated rings. The van der Waals surface area contributed by atoms with Gasteiger partial charge in [-0.05, 0) is 45.3 Å². The number of guanidine groups is 1. The summed E-state index contributed by atoms with van der Waals surface area (Å²) in [5, 5.41) is 6.81. The van der Waals surface area contributed by atoms with Gasteiger partial charge in [0.15, 0.2) is 5.96 Å². The molecule has 0 aliphatic carbocycles. The van der Waals surface area contributed by atoms with Crippen molar-refractivity contribution in [3.8, 4) is 0 Å². The number of hydrogen-bond acceptors (Lipinski definition) is 3. The molecule has 176 valence electrons. The molecule has 1 aromatic carbocycles. The minimum absolute atomic E-state index is 0. The number of rotatable bonds is 11. The average molecular weight is 544 g/mol. The number of nitrogens with one attached hydrogen (secondary N) is 2. The minimum Gasteiger partial charge on any atom is -0.357 e. The van der Waals surface area contributed by atoms with Crippen LogP contribution >= 0.6 is 24.0 Å². The van der Waals surface area contributed by atoms with Crippen LogP contribution in [0.2, 0.25) is 0 Å². The second-order valence-electron chi connectivity index (χ2n) is 8.99. The SMILES string of the molecule is CCNC(=NCC(CC(C)C)N(C)C)NCC1CC(=O)N(CCc2ccccc2)C1.I. The summed E-state index contributed by atoms with van der Waals surface area (Å²) >= 11 is 0. The Morgan fingerprint density at radius 2 is 1.94 bits per heavy atom. The number of aliphatic imine (C=N–C) groups is 1. The second-order valence-corrected chi connectivity index (χ2v) is 8.99. The van der Waals surface area contributed by atoms with Gasteiger partial charge in [0, 0.05) is 44.6 Å². The number of benzene rings is 1. The van der Waals surface area contributed by atoms with Gasteiger partial charge in [-0.2, -0.15) is 0 Å². The van der Waals surface area contributed by atoms with E-state index in [1.165, 1.54) is 5.56 Å². The van der Waals surface area contributed by atoms with E-state index in [9.17, 15) is 4.79 Å². The zero-order valence-electron chi connectivity index (χ0n) is 19.9. The number of hydrogen-bond donors (Lipinski definition) is 2. The van der Waals surface area contributed by atoms with E-state index in [0.717, 1.165) is 51.5 Å². The summed E-state index contributed by atoms with van der Waals surface area (Å²) in [4.78, 5) is 21.5. The van der Waals surface area contributed by atoms with Crippen LogP contribution in [-0.4, -0.2) is 74.5 Å². The lowest BCUT2D eigenvalue weighted by Gasteiger charge is -2.25. The highest BCUT2D eigenvalue weighted by atomic mass is 127. The second kappa shape index (κ2) is 14.7. The van der Waals surface area contributed by atoms with Crippen LogP contribution in [0, 0.1) is 11.8 Å². The highest BCUT2D eigenvalue weighted by molar-refractivity contribution is 14.0. The zero-order chi connectivity index (χ0) is 21.9. The molecular formula is C24H42IN5O. The van der Waals surface area contributed by atoms with Crippen LogP contribution in [0.15, 0.2) is 35.3 Å². The molecule has 6 nitrogen and oxygen atoms in total. The summed E-state index contributed by atoms with van der Waals surface area (Å²) in [7, 11) is 4.24. The van der Waals surface area contributed by atoms with Gasteiger partial charge in [-0.15, -0.1) is 24.0 Å². The van der Waals surface area contributed by atoms with Crippen molar-refractivity contribution >= 4 is 35.8 Å². The fraction of sp³-hybridized carbons (Fsp3) is 0.667. The largest absolute Gasteiger partial charge is 0.357 e. The zero-order valence-corrected chi connectivity index (χ0v) is 22.3. The molecule has 2 N–H and O–H groups in total. The van der Waals surface area contributed by atoms with E-state index in [0.29, 0.717) is 24.3 Å². The van der Waals surface area contributed by atoms with E-state index < -0.39 is 0 Å². The lowest BCUT2D eigenvalue weighted by Crippen LogP contribution is -2.41. The molecule has 1 saturated heterocycles. The summed E-state index contributed by atoms with van der Waals surface area (Å²) in [6.45, 7) is 10.6. The Kier molecular flexibility index (Phi) is 13.1. The third-order valence-electron chi connectivity index (χ3n) is 5.64. The summed E-state index contributed by atoms with van der Waals surface area (Å²) < 4.78 is 0. The molecule has 31 heavy (non-hydrogen) atoms. The Morgan fingerprint density at radius 1 is 1.23 bits per heavy atom. The van der Waals surface area contributed by atoms with Crippen molar-refractivity contribution in [3.63, 3.8) is 0 Å². The first-order valence-corrected chi connectivity index (χ1v) is 11.4. The van der Waals surface area contributed by atoms with E-state index in [1.807, 2.05) is 11.0 Å². The van der Waals surface area contributed by atoms with Gasteiger partial charge in [0.2, 0.25) is 5.91 Å².